The van der Waals surface area contributed by atoms with Crippen LogP contribution in [-0.4, -0.2) is 28.9 Å². The zero-order valence-corrected chi connectivity index (χ0v) is 19.9. The quantitative estimate of drug-likeness (QED) is 0.264. The van der Waals surface area contributed by atoms with Gasteiger partial charge in [-0.25, -0.2) is 0 Å². The van der Waals surface area contributed by atoms with Crippen LogP contribution in [0.3, 0.4) is 0 Å². The number of hydrogen-bond acceptors (Lipinski definition) is 4. The van der Waals surface area contributed by atoms with Crippen molar-refractivity contribution in [2.24, 2.45) is 16.1 Å². The SMILES string of the molecule is CCCCC(CC)CNc1ccc(N=Nc2ccc([As](=O)(O)O)cc2)c2ccccc12. The Morgan fingerprint density at radius 3 is 2.29 bits per heavy atom. The van der Waals surface area contributed by atoms with Crippen LogP contribution in [0.15, 0.2) is 70.9 Å². The maximum atomic E-state index is 11.4. The second kappa shape index (κ2) is 10.8. The minimum absolute atomic E-state index is 0.0299. The van der Waals surface area contributed by atoms with Crippen LogP contribution in [0.4, 0.5) is 17.1 Å². The Morgan fingerprint density at radius 1 is 0.935 bits per heavy atom. The predicted molar refractivity (Wildman–Crippen MR) is 127 cm³/mol. The number of anilines is 1. The number of rotatable bonds is 10. The number of nitrogens with one attached hydrogen (secondary N) is 1. The number of azo groups is 1. The number of fused-ring (bicyclic) bond motifs is 1. The molecule has 7 heteroatoms. The summed E-state index contributed by atoms with van der Waals surface area (Å²) in [6.45, 7) is 5.43. The molecule has 0 heterocycles. The third kappa shape index (κ3) is 6.30. The van der Waals surface area contributed by atoms with Gasteiger partial charge in [-0.05, 0) is 12.3 Å². The first-order valence-electron chi connectivity index (χ1n) is 10.8. The number of hydrogen-bond donors (Lipinski definition) is 3. The predicted octanol–water partition coefficient (Wildman–Crippen LogP) is 5.44. The molecule has 0 fully saturated rings. The van der Waals surface area contributed by atoms with Gasteiger partial charge in [0.1, 0.15) is 0 Å². The van der Waals surface area contributed by atoms with Crippen LogP contribution < -0.4 is 9.67 Å². The maximum absolute atomic E-state index is 11.4. The Balaban J connectivity index is 1.80. The second-order valence-corrected chi connectivity index (χ2v) is 11.1. The van der Waals surface area contributed by atoms with E-state index in [1.54, 1.807) is 12.1 Å². The fourth-order valence-electron chi connectivity index (χ4n) is 3.55. The average molecular weight is 483 g/mol. The molecule has 0 saturated heterocycles. The summed E-state index contributed by atoms with van der Waals surface area (Å²) in [5.41, 5.74) is 2.39. The van der Waals surface area contributed by atoms with Gasteiger partial charge in [0.25, 0.3) is 0 Å². The third-order valence-corrected chi connectivity index (χ3v) is 7.52. The molecular formula is C24H30AsN3O3. The van der Waals surface area contributed by atoms with Crippen molar-refractivity contribution in [2.75, 3.05) is 11.9 Å². The van der Waals surface area contributed by atoms with E-state index in [0.717, 1.165) is 28.7 Å². The van der Waals surface area contributed by atoms with E-state index in [0.29, 0.717) is 11.6 Å². The van der Waals surface area contributed by atoms with Gasteiger partial charge in [0.2, 0.25) is 0 Å². The molecule has 0 radical (unpaired) electrons. The van der Waals surface area contributed by atoms with E-state index in [9.17, 15) is 11.9 Å². The van der Waals surface area contributed by atoms with E-state index in [1.165, 1.54) is 37.8 Å². The van der Waals surface area contributed by atoms with Crippen LogP contribution in [0, 0.1) is 5.92 Å². The van der Waals surface area contributed by atoms with Gasteiger partial charge in [0.15, 0.2) is 0 Å². The van der Waals surface area contributed by atoms with Gasteiger partial charge in [-0.1, -0.05) is 33.1 Å². The summed E-state index contributed by atoms with van der Waals surface area (Å²) in [7, 11) is 0. The van der Waals surface area contributed by atoms with Crippen molar-refractivity contribution < 1.29 is 11.9 Å². The van der Waals surface area contributed by atoms with Crippen molar-refractivity contribution in [3.05, 3.63) is 60.7 Å². The second-order valence-electron chi connectivity index (χ2n) is 7.74. The first kappa shape index (κ1) is 23.3. The summed E-state index contributed by atoms with van der Waals surface area (Å²) in [5.74, 6) is 0.663. The number of benzene rings is 3. The Labute approximate surface area is 186 Å². The van der Waals surface area contributed by atoms with Crippen LogP contribution in [0.25, 0.3) is 10.8 Å². The van der Waals surface area contributed by atoms with Gasteiger partial charge >= 0.3 is 141 Å². The van der Waals surface area contributed by atoms with Crippen molar-refractivity contribution in [2.45, 2.75) is 39.5 Å². The zero-order chi connectivity index (χ0) is 22.3. The third-order valence-electron chi connectivity index (χ3n) is 5.48. The van der Waals surface area contributed by atoms with Gasteiger partial charge in [-0.2, -0.15) is 0 Å². The molecule has 0 aliphatic heterocycles. The van der Waals surface area contributed by atoms with E-state index in [1.807, 2.05) is 30.3 Å². The van der Waals surface area contributed by atoms with E-state index in [4.69, 9.17) is 0 Å². The molecule has 0 aliphatic rings. The molecule has 0 aromatic heterocycles. The van der Waals surface area contributed by atoms with Gasteiger partial charge < -0.3 is 0 Å². The first-order chi connectivity index (χ1) is 14.9. The van der Waals surface area contributed by atoms with Crippen LogP contribution in [0.5, 0.6) is 0 Å². The molecule has 31 heavy (non-hydrogen) atoms. The van der Waals surface area contributed by atoms with E-state index in [-0.39, 0.29) is 4.35 Å². The van der Waals surface area contributed by atoms with Crippen molar-refractivity contribution >= 4 is 46.4 Å². The molecule has 164 valence electrons. The summed E-state index contributed by atoms with van der Waals surface area (Å²) in [6.07, 6.45) is 4.89. The fraction of sp³-hybridized carbons (Fsp3) is 0.333. The van der Waals surface area contributed by atoms with Gasteiger partial charge in [0, 0.05) is 0 Å². The van der Waals surface area contributed by atoms with Gasteiger partial charge in [-0.3, -0.25) is 0 Å². The molecular weight excluding hydrogens is 453 g/mol. The summed E-state index contributed by atoms with van der Waals surface area (Å²) < 4.78 is 30.0. The monoisotopic (exact) mass is 483 g/mol. The summed E-state index contributed by atoms with van der Waals surface area (Å²) >= 11 is -4.88. The Hall–Kier alpha value is -2.40. The Bertz CT molecular complexity index is 1080. The zero-order valence-electron chi connectivity index (χ0n) is 18.0. The Morgan fingerprint density at radius 2 is 1.65 bits per heavy atom. The molecule has 0 amide bonds. The van der Waals surface area contributed by atoms with Crippen molar-refractivity contribution in [3.63, 3.8) is 0 Å². The molecule has 6 nitrogen and oxygen atoms in total. The normalized spacial score (nSPS) is 13.0. The van der Waals surface area contributed by atoms with Crippen LogP contribution in [0.2, 0.25) is 0 Å². The van der Waals surface area contributed by atoms with Crippen molar-refractivity contribution in [3.8, 4) is 0 Å². The summed E-state index contributed by atoms with van der Waals surface area (Å²) in [4.78, 5) is 0. The standard InChI is InChI=1S/C24H30AsN3O3/c1-3-5-8-18(4-2)17-26-23-15-16-24(22-10-7-6-9-21(22)23)28-27-20-13-11-19(12-14-20)25(29,30)31/h6-7,9-16,18,26H,3-5,8,17H2,1-2H3,(H2,29,30,31). The van der Waals surface area contributed by atoms with Crippen molar-refractivity contribution in [1.29, 1.82) is 0 Å². The van der Waals surface area contributed by atoms with Crippen LogP contribution in [-0.2, 0) is 3.74 Å². The number of nitrogens with zero attached hydrogens (tertiary/aromatic N) is 2. The van der Waals surface area contributed by atoms with Gasteiger partial charge in [-0.15, -0.1) is 0 Å². The molecule has 3 aromatic carbocycles. The van der Waals surface area contributed by atoms with E-state index in [2.05, 4.69) is 35.5 Å². The molecule has 1 atom stereocenters. The topological polar surface area (TPSA) is 94.3 Å². The van der Waals surface area contributed by atoms with Crippen LogP contribution in [0.1, 0.15) is 39.5 Å². The molecule has 0 spiro atoms. The average Bonchev–Trinajstić information content (AvgIpc) is 2.78. The summed E-state index contributed by atoms with van der Waals surface area (Å²) in [6, 6.07) is 18.1. The molecule has 0 aliphatic carbocycles. The van der Waals surface area contributed by atoms with Crippen LogP contribution >= 0.6 is 0 Å². The van der Waals surface area contributed by atoms with Gasteiger partial charge in [0.05, 0.1) is 0 Å². The van der Waals surface area contributed by atoms with E-state index < -0.39 is 14.2 Å². The molecule has 3 rings (SSSR count). The summed E-state index contributed by atoms with van der Waals surface area (Å²) in [5, 5.41) is 14.4. The fourth-order valence-corrected chi connectivity index (χ4v) is 4.67. The van der Waals surface area contributed by atoms with Crippen molar-refractivity contribution in [1.82, 2.24) is 0 Å². The minimum atomic E-state index is -4.88. The molecule has 0 saturated carbocycles. The molecule has 3 N–H and O–H groups in total. The molecule has 0 bridgehead atoms. The molecule has 3 aromatic rings. The number of unbranched alkanes of at least 4 members (excludes halogenated alkanes) is 1. The Kier molecular flexibility index (Phi) is 8.08. The first-order valence-corrected chi connectivity index (χ1v) is 14.1. The molecule has 1 unspecified atom stereocenters. The van der Waals surface area contributed by atoms with E-state index >= 15 is 0 Å².